The highest BCUT2D eigenvalue weighted by Crippen LogP contribution is 2.21. The van der Waals surface area contributed by atoms with Crippen LogP contribution in [0.2, 0.25) is 0 Å². The van der Waals surface area contributed by atoms with E-state index in [0.717, 1.165) is 0 Å². The van der Waals surface area contributed by atoms with Crippen molar-refractivity contribution in [3.8, 4) is 0 Å². The van der Waals surface area contributed by atoms with Crippen LogP contribution in [0.4, 0.5) is 22.7 Å². The van der Waals surface area contributed by atoms with Crippen molar-refractivity contribution in [2.75, 3.05) is 19.6 Å². The molecule has 0 radical (unpaired) electrons. The molecule has 1 unspecified atom stereocenters. The van der Waals surface area contributed by atoms with E-state index in [2.05, 4.69) is 20.7 Å². The van der Waals surface area contributed by atoms with E-state index in [9.17, 15) is 20.2 Å². The number of non-ortho nitro benzene ring substituents is 2. The van der Waals surface area contributed by atoms with Crippen LogP contribution < -0.4 is 0 Å². The molecular formula is C17H18N8O4. The second kappa shape index (κ2) is 8.82. The van der Waals surface area contributed by atoms with Gasteiger partial charge in [0.05, 0.1) is 46.9 Å². The van der Waals surface area contributed by atoms with E-state index in [4.69, 9.17) is 0 Å². The van der Waals surface area contributed by atoms with Gasteiger partial charge in [-0.3, -0.25) is 30.2 Å². The third-order valence-electron chi connectivity index (χ3n) is 4.25. The van der Waals surface area contributed by atoms with Gasteiger partial charge in [0.1, 0.15) is 0 Å². The molecule has 29 heavy (non-hydrogen) atoms. The van der Waals surface area contributed by atoms with Crippen molar-refractivity contribution in [1.29, 1.82) is 0 Å². The van der Waals surface area contributed by atoms with Crippen LogP contribution in [0.25, 0.3) is 0 Å². The predicted molar refractivity (Wildman–Crippen MR) is 103 cm³/mol. The third kappa shape index (κ3) is 5.28. The zero-order chi connectivity index (χ0) is 20.8. The second-order valence-electron chi connectivity index (χ2n) is 6.35. The van der Waals surface area contributed by atoms with Crippen LogP contribution in [-0.4, -0.2) is 45.5 Å². The molecule has 12 heteroatoms. The van der Waals surface area contributed by atoms with E-state index < -0.39 is 9.85 Å². The number of nitro groups is 2. The number of nitro benzene ring substituents is 2. The summed E-state index contributed by atoms with van der Waals surface area (Å²) in [5, 5.41) is 41.6. The molecule has 1 aliphatic rings. The maximum atomic E-state index is 10.7. The van der Waals surface area contributed by atoms with Gasteiger partial charge in [-0.25, -0.2) is 0 Å². The fraction of sp³-hybridized carbons (Fsp3) is 0.294. The van der Waals surface area contributed by atoms with Crippen molar-refractivity contribution in [2.24, 2.45) is 20.7 Å². The average molecular weight is 398 g/mol. The fourth-order valence-electron chi connectivity index (χ4n) is 2.65. The van der Waals surface area contributed by atoms with Crippen molar-refractivity contribution in [2.45, 2.75) is 13.0 Å². The highest BCUT2D eigenvalue weighted by molar-refractivity contribution is 5.44. The number of piperazine rings is 1. The first-order valence-corrected chi connectivity index (χ1v) is 8.76. The van der Waals surface area contributed by atoms with Gasteiger partial charge in [0, 0.05) is 24.3 Å². The molecule has 0 bridgehead atoms. The SMILES string of the molecule is CC1CN(N=Nc2ccc([N+](=O)[O-])cc2)CCN1N=Nc1ccc([N+](=O)[O-])cc1. The van der Waals surface area contributed by atoms with Crippen molar-refractivity contribution < 1.29 is 9.85 Å². The summed E-state index contributed by atoms with van der Waals surface area (Å²) in [5.41, 5.74) is 1.07. The molecule has 1 atom stereocenters. The Bertz CT molecular complexity index is 929. The number of benzene rings is 2. The van der Waals surface area contributed by atoms with Crippen LogP contribution in [0.3, 0.4) is 0 Å². The van der Waals surface area contributed by atoms with Gasteiger partial charge in [-0.15, -0.1) is 10.2 Å². The van der Waals surface area contributed by atoms with E-state index in [1.165, 1.54) is 24.3 Å². The van der Waals surface area contributed by atoms with E-state index >= 15 is 0 Å². The molecule has 1 aliphatic heterocycles. The highest BCUT2D eigenvalue weighted by atomic mass is 16.6. The van der Waals surface area contributed by atoms with E-state index in [0.29, 0.717) is 31.0 Å². The third-order valence-corrected chi connectivity index (χ3v) is 4.25. The maximum Gasteiger partial charge on any atom is 0.269 e. The Morgan fingerprint density at radius 3 is 1.76 bits per heavy atom. The molecule has 0 amide bonds. The zero-order valence-corrected chi connectivity index (χ0v) is 15.5. The van der Waals surface area contributed by atoms with Crippen molar-refractivity contribution >= 4 is 22.7 Å². The molecule has 3 rings (SSSR count). The number of hydrogen-bond acceptors (Lipinski definition) is 8. The van der Waals surface area contributed by atoms with Gasteiger partial charge in [0.15, 0.2) is 0 Å². The maximum absolute atomic E-state index is 10.7. The lowest BCUT2D eigenvalue weighted by Gasteiger charge is -2.34. The molecule has 12 nitrogen and oxygen atoms in total. The van der Waals surface area contributed by atoms with Crippen molar-refractivity contribution in [3.63, 3.8) is 0 Å². The van der Waals surface area contributed by atoms with Crippen LogP contribution in [0.1, 0.15) is 6.92 Å². The summed E-state index contributed by atoms with van der Waals surface area (Å²) in [7, 11) is 0. The van der Waals surface area contributed by atoms with E-state index in [-0.39, 0.29) is 17.4 Å². The molecule has 0 spiro atoms. The molecule has 2 aromatic carbocycles. The van der Waals surface area contributed by atoms with Crippen LogP contribution in [0.5, 0.6) is 0 Å². The zero-order valence-electron chi connectivity index (χ0n) is 15.5. The number of hydrogen-bond donors (Lipinski definition) is 0. The minimum Gasteiger partial charge on any atom is -0.274 e. The monoisotopic (exact) mass is 398 g/mol. The molecule has 0 aromatic heterocycles. The standard InChI is InChI=1S/C17H18N8O4/c1-13-12-22(20-18-14-2-6-16(7-3-14)24(26)27)10-11-23(13)21-19-15-4-8-17(9-5-15)25(28)29/h2-9,13H,10-12H2,1H3. The lowest BCUT2D eigenvalue weighted by molar-refractivity contribution is -0.385. The Balaban J connectivity index is 1.54. The van der Waals surface area contributed by atoms with Gasteiger partial charge in [0.2, 0.25) is 0 Å². The quantitative estimate of drug-likeness (QED) is 0.405. The van der Waals surface area contributed by atoms with Crippen LogP contribution in [0, 0.1) is 20.2 Å². The van der Waals surface area contributed by atoms with Gasteiger partial charge in [0.25, 0.3) is 11.4 Å². The Morgan fingerprint density at radius 1 is 0.828 bits per heavy atom. The molecule has 1 saturated heterocycles. The molecule has 0 N–H and O–H groups in total. The van der Waals surface area contributed by atoms with Crippen LogP contribution in [0.15, 0.2) is 69.2 Å². The van der Waals surface area contributed by atoms with Gasteiger partial charge in [-0.05, 0) is 31.2 Å². The molecule has 150 valence electrons. The summed E-state index contributed by atoms with van der Waals surface area (Å²) in [6, 6.07) is 11.7. The summed E-state index contributed by atoms with van der Waals surface area (Å²) in [5.74, 6) is 0. The Morgan fingerprint density at radius 2 is 1.31 bits per heavy atom. The van der Waals surface area contributed by atoms with E-state index in [1.54, 1.807) is 29.3 Å². The first-order valence-electron chi connectivity index (χ1n) is 8.76. The lowest BCUT2D eigenvalue weighted by Crippen LogP contribution is -2.47. The molecule has 1 heterocycles. The fourth-order valence-corrected chi connectivity index (χ4v) is 2.65. The lowest BCUT2D eigenvalue weighted by atomic mass is 10.2. The molecule has 2 aromatic rings. The summed E-state index contributed by atoms with van der Waals surface area (Å²) in [6.07, 6.45) is 0. The molecule has 0 aliphatic carbocycles. The molecule has 0 saturated carbocycles. The van der Waals surface area contributed by atoms with Gasteiger partial charge in [-0.1, -0.05) is 10.4 Å². The van der Waals surface area contributed by atoms with Crippen LogP contribution in [-0.2, 0) is 0 Å². The first-order chi connectivity index (χ1) is 13.9. The van der Waals surface area contributed by atoms with Gasteiger partial charge in [-0.2, -0.15) is 0 Å². The highest BCUT2D eigenvalue weighted by Gasteiger charge is 2.22. The predicted octanol–water partition coefficient (Wildman–Crippen LogP) is 4.21. The van der Waals surface area contributed by atoms with Crippen molar-refractivity contribution in [3.05, 3.63) is 68.8 Å². The van der Waals surface area contributed by atoms with E-state index in [1.807, 2.05) is 11.9 Å². The van der Waals surface area contributed by atoms with Gasteiger partial charge >= 0.3 is 0 Å². The summed E-state index contributed by atoms with van der Waals surface area (Å²) < 4.78 is 0. The Hall–Kier alpha value is -3.96. The smallest absolute Gasteiger partial charge is 0.269 e. The number of nitrogens with zero attached hydrogens (tertiary/aromatic N) is 8. The Labute approximate surface area is 165 Å². The topological polar surface area (TPSA) is 142 Å². The second-order valence-corrected chi connectivity index (χ2v) is 6.35. The number of rotatable bonds is 6. The normalized spacial score (nSPS) is 17.2. The summed E-state index contributed by atoms with van der Waals surface area (Å²) in [4.78, 5) is 20.4. The van der Waals surface area contributed by atoms with Crippen molar-refractivity contribution in [1.82, 2.24) is 10.0 Å². The molecular weight excluding hydrogens is 380 g/mol. The summed E-state index contributed by atoms with van der Waals surface area (Å²) in [6.45, 7) is 3.72. The largest absolute Gasteiger partial charge is 0.274 e. The van der Waals surface area contributed by atoms with Gasteiger partial charge < -0.3 is 0 Å². The first kappa shape index (κ1) is 19.8. The Kier molecular flexibility index (Phi) is 6.02. The minimum absolute atomic E-state index is 0.00400. The summed E-state index contributed by atoms with van der Waals surface area (Å²) >= 11 is 0. The average Bonchev–Trinajstić information content (AvgIpc) is 2.72. The molecule has 1 fully saturated rings. The minimum atomic E-state index is -0.465. The van der Waals surface area contributed by atoms with Crippen LogP contribution >= 0.6 is 0 Å².